The quantitative estimate of drug-likeness (QED) is 0.885. The molecule has 0 spiro atoms. The molecule has 2 aromatic rings. The molecule has 1 aromatic carbocycles. The summed E-state index contributed by atoms with van der Waals surface area (Å²) in [5, 5.41) is 9.18. The van der Waals surface area contributed by atoms with Gasteiger partial charge in [0.2, 0.25) is 0 Å². The average Bonchev–Trinajstić information content (AvgIpc) is 2.96. The minimum atomic E-state index is 0.243. The number of hydrogen-bond acceptors (Lipinski definition) is 3. The summed E-state index contributed by atoms with van der Waals surface area (Å²) in [5.41, 5.74) is 4.02. The Balaban J connectivity index is 1.80. The van der Waals surface area contributed by atoms with E-state index in [1.807, 2.05) is 18.3 Å². The summed E-state index contributed by atoms with van der Waals surface area (Å²) in [6.45, 7) is 2.00. The number of fused-ring (bicyclic) bond motifs is 1. The number of aliphatic hydroxyl groups is 1. The molecule has 1 N–H and O–H groups in total. The molecular formula is C18H22N2O. The molecule has 1 aliphatic carbocycles. The highest BCUT2D eigenvalue weighted by molar-refractivity contribution is 5.34. The van der Waals surface area contributed by atoms with Crippen molar-refractivity contribution in [3.8, 4) is 0 Å². The molecule has 1 atom stereocenters. The molecule has 1 aliphatic rings. The molecule has 0 unspecified atom stereocenters. The van der Waals surface area contributed by atoms with Gasteiger partial charge in [-0.1, -0.05) is 30.3 Å². The standard InChI is InChI=1S/C18H22N2O/c21-13-5-12-20(14-16-7-3-4-11-19-16)18-10-9-15-6-1-2-8-17(15)18/h1-4,6-8,11,18,21H,5,9-10,12-14H2/t18-/m0/s1. The number of pyridine rings is 1. The number of aryl methyl sites for hydroxylation is 1. The maximum absolute atomic E-state index is 9.18. The maximum Gasteiger partial charge on any atom is 0.0544 e. The Hall–Kier alpha value is -1.71. The van der Waals surface area contributed by atoms with Crippen LogP contribution in [0.15, 0.2) is 48.7 Å². The lowest BCUT2D eigenvalue weighted by atomic mass is 10.1. The Morgan fingerprint density at radius 1 is 1.14 bits per heavy atom. The van der Waals surface area contributed by atoms with E-state index in [1.165, 1.54) is 11.1 Å². The van der Waals surface area contributed by atoms with Crippen molar-refractivity contribution in [1.82, 2.24) is 9.88 Å². The van der Waals surface area contributed by atoms with Crippen LogP contribution in [0.4, 0.5) is 0 Å². The van der Waals surface area contributed by atoms with Crippen LogP contribution in [-0.4, -0.2) is 28.1 Å². The smallest absolute Gasteiger partial charge is 0.0544 e. The number of hydrogen-bond donors (Lipinski definition) is 1. The molecule has 21 heavy (non-hydrogen) atoms. The predicted molar refractivity (Wildman–Crippen MR) is 83.9 cm³/mol. The van der Waals surface area contributed by atoms with Gasteiger partial charge in [-0.3, -0.25) is 9.88 Å². The summed E-state index contributed by atoms with van der Waals surface area (Å²) >= 11 is 0. The van der Waals surface area contributed by atoms with Crippen molar-refractivity contribution in [3.05, 3.63) is 65.5 Å². The molecule has 0 radical (unpaired) electrons. The Morgan fingerprint density at radius 3 is 2.81 bits per heavy atom. The largest absolute Gasteiger partial charge is 0.396 e. The molecule has 110 valence electrons. The van der Waals surface area contributed by atoms with E-state index in [1.54, 1.807) is 0 Å². The van der Waals surface area contributed by atoms with Crippen molar-refractivity contribution in [2.24, 2.45) is 0 Å². The first-order valence-corrected chi connectivity index (χ1v) is 7.71. The van der Waals surface area contributed by atoms with E-state index < -0.39 is 0 Å². The van der Waals surface area contributed by atoms with Crippen molar-refractivity contribution in [2.75, 3.05) is 13.2 Å². The average molecular weight is 282 g/mol. The minimum absolute atomic E-state index is 0.243. The summed E-state index contributed by atoms with van der Waals surface area (Å²) in [6.07, 6.45) is 4.98. The molecular weight excluding hydrogens is 260 g/mol. The van der Waals surface area contributed by atoms with Crippen molar-refractivity contribution in [1.29, 1.82) is 0 Å². The van der Waals surface area contributed by atoms with E-state index in [9.17, 15) is 5.11 Å². The molecule has 0 aliphatic heterocycles. The van der Waals surface area contributed by atoms with Crippen LogP contribution >= 0.6 is 0 Å². The molecule has 1 heterocycles. The van der Waals surface area contributed by atoms with Crippen molar-refractivity contribution >= 4 is 0 Å². The summed E-state index contributed by atoms with van der Waals surface area (Å²) in [5.74, 6) is 0. The highest BCUT2D eigenvalue weighted by Crippen LogP contribution is 2.36. The van der Waals surface area contributed by atoms with Gasteiger partial charge in [0.15, 0.2) is 0 Å². The fraction of sp³-hybridized carbons (Fsp3) is 0.389. The van der Waals surface area contributed by atoms with E-state index in [-0.39, 0.29) is 6.61 Å². The monoisotopic (exact) mass is 282 g/mol. The summed E-state index contributed by atoms with van der Waals surface area (Å²) in [4.78, 5) is 6.91. The van der Waals surface area contributed by atoms with Gasteiger partial charge in [-0.2, -0.15) is 0 Å². The lowest BCUT2D eigenvalue weighted by molar-refractivity contribution is 0.164. The van der Waals surface area contributed by atoms with Gasteiger partial charge in [-0.25, -0.2) is 0 Å². The van der Waals surface area contributed by atoms with Gasteiger partial charge in [0.1, 0.15) is 0 Å². The third-order valence-electron chi connectivity index (χ3n) is 4.24. The summed E-state index contributed by atoms with van der Waals surface area (Å²) < 4.78 is 0. The second-order valence-electron chi connectivity index (χ2n) is 5.62. The van der Waals surface area contributed by atoms with Crippen LogP contribution in [-0.2, 0) is 13.0 Å². The Labute approximate surface area is 126 Å². The molecule has 1 aromatic heterocycles. The lowest BCUT2D eigenvalue weighted by Crippen LogP contribution is -2.29. The first kappa shape index (κ1) is 14.2. The van der Waals surface area contributed by atoms with Crippen LogP contribution < -0.4 is 0 Å². The van der Waals surface area contributed by atoms with E-state index in [2.05, 4.69) is 40.2 Å². The predicted octanol–water partition coefficient (Wildman–Crippen LogP) is 2.95. The number of rotatable bonds is 6. The molecule has 0 saturated carbocycles. The third-order valence-corrected chi connectivity index (χ3v) is 4.24. The van der Waals surface area contributed by atoms with Crippen LogP contribution in [0.1, 0.15) is 35.7 Å². The highest BCUT2D eigenvalue weighted by Gasteiger charge is 2.27. The van der Waals surface area contributed by atoms with Gasteiger partial charge in [0, 0.05) is 31.9 Å². The van der Waals surface area contributed by atoms with Crippen LogP contribution in [0.25, 0.3) is 0 Å². The van der Waals surface area contributed by atoms with Crippen LogP contribution in [0, 0.1) is 0 Å². The van der Waals surface area contributed by atoms with E-state index in [4.69, 9.17) is 0 Å². The maximum atomic E-state index is 9.18. The number of nitrogens with zero attached hydrogens (tertiary/aromatic N) is 2. The van der Waals surface area contributed by atoms with E-state index >= 15 is 0 Å². The van der Waals surface area contributed by atoms with Gasteiger partial charge in [0.05, 0.1) is 5.69 Å². The van der Waals surface area contributed by atoms with Gasteiger partial charge in [-0.05, 0) is 42.5 Å². The second-order valence-corrected chi connectivity index (χ2v) is 5.62. The number of aromatic nitrogens is 1. The Kier molecular flexibility index (Phi) is 4.63. The molecule has 0 bridgehead atoms. The minimum Gasteiger partial charge on any atom is -0.396 e. The zero-order valence-corrected chi connectivity index (χ0v) is 12.3. The normalized spacial score (nSPS) is 17.1. The van der Waals surface area contributed by atoms with Crippen molar-refractivity contribution in [3.63, 3.8) is 0 Å². The Morgan fingerprint density at radius 2 is 2.00 bits per heavy atom. The lowest BCUT2D eigenvalue weighted by Gasteiger charge is -2.29. The second kappa shape index (κ2) is 6.83. The number of benzene rings is 1. The number of aliphatic hydroxyl groups excluding tert-OH is 1. The van der Waals surface area contributed by atoms with Gasteiger partial charge >= 0.3 is 0 Å². The zero-order chi connectivity index (χ0) is 14.5. The fourth-order valence-corrected chi connectivity index (χ4v) is 3.23. The van der Waals surface area contributed by atoms with Gasteiger partial charge in [0.25, 0.3) is 0 Å². The van der Waals surface area contributed by atoms with Crippen LogP contribution in [0.5, 0.6) is 0 Å². The third kappa shape index (κ3) is 3.31. The molecule has 0 saturated heterocycles. The summed E-state index contributed by atoms with van der Waals surface area (Å²) in [6, 6.07) is 15.3. The van der Waals surface area contributed by atoms with E-state index in [0.29, 0.717) is 6.04 Å². The molecule has 3 heteroatoms. The van der Waals surface area contributed by atoms with Crippen molar-refractivity contribution in [2.45, 2.75) is 31.8 Å². The zero-order valence-electron chi connectivity index (χ0n) is 12.3. The summed E-state index contributed by atoms with van der Waals surface area (Å²) in [7, 11) is 0. The van der Waals surface area contributed by atoms with Gasteiger partial charge < -0.3 is 5.11 Å². The SMILES string of the molecule is OCCCN(Cc1ccccn1)[C@H]1CCc2ccccc21. The highest BCUT2D eigenvalue weighted by atomic mass is 16.3. The van der Waals surface area contributed by atoms with Crippen molar-refractivity contribution < 1.29 is 5.11 Å². The fourth-order valence-electron chi connectivity index (χ4n) is 3.23. The molecule has 0 amide bonds. The topological polar surface area (TPSA) is 36.4 Å². The first-order chi connectivity index (χ1) is 10.4. The van der Waals surface area contributed by atoms with E-state index in [0.717, 1.165) is 38.0 Å². The molecule has 3 rings (SSSR count). The van der Waals surface area contributed by atoms with Gasteiger partial charge in [-0.15, -0.1) is 0 Å². The first-order valence-electron chi connectivity index (χ1n) is 7.71. The molecule has 0 fully saturated rings. The molecule has 3 nitrogen and oxygen atoms in total. The van der Waals surface area contributed by atoms with Crippen LogP contribution in [0.3, 0.4) is 0 Å². The van der Waals surface area contributed by atoms with Crippen LogP contribution in [0.2, 0.25) is 0 Å². The Bertz CT molecular complexity index is 570.